The van der Waals surface area contributed by atoms with Gasteiger partial charge in [0.15, 0.2) is 5.13 Å². The molecule has 4 heteroatoms. The molecule has 0 unspecified atom stereocenters. The molecular formula is C15H15N3S. The second-order valence-corrected chi connectivity index (χ2v) is 5.56. The molecule has 1 aromatic carbocycles. The fourth-order valence-electron chi connectivity index (χ4n) is 1.97. The lowest BCUT2D eigenvalue weighted by atomic mass is 10.2. The maximum Gasteiger partial charge on any atom is 0.183 e. The van der Waals surface area contributed by atoms with Gasteiger partial charge in [0.05, 0.1) is 10.2 Å². The van der Waals surface area contributed by atoms with Gasteiger partial charge in [-0.2, -0.15) is 0 Å². The number of rotatable bonds is 4. The summed E-state index contributed by atoms with van der Waals surface area (Å²) >= 11 is 1.71. The van der Waals surface area contributed by atoms with Crippen molar-refractivity contribution in [3.05, 3.63) is 53.9 Å². The first kappa shape index (κ1) is 12.1. The number of anilines is 1. The summed E-state index contributed by atoms with van der Waals surface area (Å²) in [6, 6.07) is 10.4. The number of nitrogens with one attached hydrogen (secondary N) is 1. The lowest BCUT2D eigenvalue weighted by molar-refractivity contribution is 1.00. The molecule has 1 N–H and O–H groups in total. The van der Waals surface area contributed by atoms with E-state index in [1.165, 1.54) is 15.8 Å². The van der Waals surface area contributed by atoms with E-state index in [4.69, 9.17) is 0 Å². The van der Waals surface area contributed by atoms with Gasteiger partial charge in [0.2, 0.25) is 0 Å². The molecule has 0 aliphatic heterocycles. The number of hydrogen-bond acceptors (Lipinski definition) is 4. The van der Waals surface area contributed by atoms with Gasteiger partial charge in [-0.05, 0) is 42.7 Å². The Bertz CT molecular complexity index is 676. The number of thiazole rings is 1. The lowest BCUT2D eigenvalue weighted by Crippen LogP contribution is -2.04. The van der Waals surface area contributed by atoms with Crippen LogP contribution in [0, 0.1) is 6.92 Å². The predicted molar refractivity (Wildman–Crippen MR) is 80.8 cm³/mol. The van der Waals surface area contributed by atoms with Crippen molar-refractivity contribution in [2.24, 2.45) is 0 Å². The van der Waals surface area contributed by atoms with Crippen LogP contribution in [-0.2, 0) is 6.42 Å². The average molecular weight is 269 g/mol. The first-order valence-corrected chi connectivity index (χ1v) is 7.13. The summed E-state index contributed by atoms with van der Waals surface area (Å²) in [6.45, 7) is 2.99. The van der Waals surface area contributed by atoms with Crippen LogP contribution >= 0.6 is 11.3 Å². The molecule has 3 rings (SSSR count). The number of pyridine rings is 1. The molecule has 3 aromatic rings. The number of aromatic nitrogens is 2. The Balaban J connectivity index is 1.65. The Morgan fingerprint density at radius 2 is 2.21 bits per heavy atom. The fourth-order valence-corrected chi connectivity index (χ4v) is 2.96. The van der Waals surface area contributed by atoms with Crippen molar-refractivity contribution in [3.8, 4) is 0 Å². The van der Waals surface area contributed by atoms with E-state index in [2.05, 4.69) is 46.5 Å². The van der Waals surface area contributed by atoms with Gasteiger partial charge in [0.25, 0.3) is 0 Å². The largest absolute Gasteiger partial charge is 0.361 e. The van der Waals surface area contributed by atoms with Crippen LogP contribution in [0.4, 0.5) is 5.13 Å². The summed E-state index contributed by atoms with van der Waals surface area (Å²) in [5.41, 5.74) is 3.59. The minimum atomic E-state index is 0.879. The van der Waals surface area contributed by atoms with Crippen molar-refractivity contribution in [1.82, 2.24) is 9.97 Å². The van der Waals surface area contributed by atoms with E-state index in [0.717, 1.165) is 23.6 Å². The van der Waals surface area contributed by atoms with Crippen LogP contribution in [0.2, 0.25) is 0 Å². The van der Waals surface area contributed by atoms with Crippen LogP contribution in [0.3, 0.4) is 0 Å². The third kappa shape index (κ3) is 2.90. The zero-order chi connectivity index (χ0) is 13.1. The van der Waals surface area contributed by atoms with E-state index in [-0.39, 0.29) is 0 Å². The van der Waals surface area contributed by atoms with Crippen molar-refractivity contribution in [2.45, 2.75) is 13.3 Å². The zero-order valence-electron chi connectivity index (χ0n) is 10.8. The van der Waals surface area contributed by atoms with E-state index in [0.29, 0.717) is 0 Å². The Hall–Kier alpha value is -1.94. The highest BCUT2D eigenvalue weighted by Crippen LogP contribution is 2.26. The maximum absolute atomic E-state index is 4.58. The minimum absolute atomic E-state index is 0.879. The minimum Gasteiger partial charge on any atom is -0.361 e. The van der Waals surface area contributed by atoms with Crippen LogP contribution in [0.15, 0.2) is 42.7 Å². The smallest absolute Gasteiger partial charge is 0.183 e. The van der Waals surface area contributed by atoms with E-state index in [1.54, 1.807) is 17.5 Å². The Labute approximate surface area is 116 Å². The molecule has 0 radical (unpaired) electrons. The lowest BCUT2D eigenvalue weighted by Gasteiger charge is -2.01. The highest BCUT2D eigenvalue weighted by Gasteiger charge is 2.03. The topological polar surface area (TPSA) is 37.8 Å². The Morgan fingerprint density at radius 1 is 1.26 bits per heavy atom. The van der Waals surface area contributed by atoms with Crippen LogP contribution in [0.25, 0.3) is 10.2 Å². The molecule has 0 fully saturated rings. The normalized spacial score (nSPS) is 10.8. The van der Waals surface area contributed by atoms with Crippen LogP contribution in [0.1, 0.15) is 11.1 Å². The Kier molecular flexibility index (Phi) is 3.42. The molecule has 0 amide bonds. The van der Waals surface area contributed by atoms with Gasteiger partial charge < -0.3 is 5.32 Å². The Morgan fingerprint density at radius 3 is 3.05 bits per heavy atom. The second kappa shape index (κ2) is 5.36. The summed E-state index contributed by atoms with van der Waals surface area (Å²) in [5, 5.41) is 4.37. The molecular weight excluding hydrogens is 254 g/mol. The number of aryl methyl sites for hydroxylation is 1. The van der Waals surface area contributed by atoms with Crippen molar-refractivity contribution in [1.29, 1.82) is 0 Å². The van der Waals surface area contributed by atoms with E-state index >= 15 is 0 Å². The SMILES string of the molecule is Cc1ccc2nc(NCCc3cccnc3)sc2c1. The van der Waals surface area contributed by atoms with Gasteiger partial charge in [0, 0.05) is 18.9 Å². The monoisotopic (exact) mass is 269 g/mol. The highest BCUT2D eigenvalue weighted by atomic mass is 32.1. The highest BCUT2D eigenvalue weighted by molar-refractivity contribution is 7.22. The molecule has 2 heterocycles. The molecule has 0 aliphatic rings. The molecule has 0 spiro atoms. The third-order valence-corrected chi connectivity index (χ3v) is 3.93. The first-order chi connectivity index (χ1) is 9.31. The van der Waals surface area contributed by atoms with Crippen LogP contribution in [-0.4, -0.2) is 16.5 Å². The molecule has 0 saturated carbocycles. The number of hydrogen-bond donors (Lipinski definition) is 1. The zero-order valence-corrected chi connectivity index (χ0v) is 11.6. The van der Waals surface area contributed by atoms with E-state index < -0.39 is 0 Å². The van der Waals surface area contributed by atoms with Crippen molar-refractivity contribution < 1.29 is 0 Å². The summed E-state index contributed by atoms with van der Waals surface area (Å²) in [5.74, 6) is 0. The van der Waals surface area contributed by atoms with Crippen molar-refractivity contribution in [3.63, 3.8) is 0 Å². The summed E-state index contributed by atoms with van der Waals surface area (Å²) in [6.07, 6.45) is 4.67. The number of benzene rings is 1. The standard InChI is InChI=1S/C15H15N3S/c1-11-4-5-13-14(9-11)19-15(18-13)17-8-6-12-3-2-7-16-10-12/h2-5,7,9-10H,6,8H2,1H3,(H,17,18). The van der Waals surface area contributed by atoms with Gasteiger partial charge in [-0.25, -0.2) is 4.98 Å². The molecule has 0 atom stereocenters. The van der Waals surface area contributed by atoms with Gasteiger partial charge in [0.1, 0.15) is 0 Å². The summed E-state index contributed by atoms with van der Waals surface area (Å²) in [7, 11) is 0. The summed E-state index contributed by atoms with van der Waals surface area (Å²) < 4.78 is 1.24. The van der Waals surface area contributed by atoms with E-state index in [9.17, 15) is 0 Å². The number of fused-ring (bicyclic) bond motifs is 1. The van der Waals surface area contributed by atoms with Crippen LogP contribution < -0.4 is 5.32 Å². The molecule has 0 saturated heterocycles. The molecule has 96 valence electrons. The van der Waals surface area contributed by atoms with Gasteiger partial charge in [-0.15, -0.1) is 0 Å². The molecule has 0 bridgehead atoms. The first-order valence-electron chi connectivity index (χ1n) is 6.31. The van der Waals surface area contributed by atoms with Gasteiger partial charge in [-0.1, -0.05) is 23.5 Å². The molecule has 3 nitrogen and oxygen atoms in total. The average Bonchev–Trinajstić information content (AvgIpc) is 2.82. The second-order valence-electron chi connectivity index (χ2n) is 4.53. The number of nitrogens with zero attached hydrogens (tertiary/aromatic N) is 2. The maximum atomic E-state index is 4.58. The third-order valence-electron chi connectivity index (χ3n) is 2.96. The predicted octanol–water partition coefficient (Wildman–Crippen LogP) is 3.65. The van der Waals surface area contributed by atoms with Crippen LogP contribution in [0.5, 0.6) is 0 Å². The molecule has 0 aliphatic carbocycles. The quantitative estimate of drug-likeness (QED) is 0.785. The molecule has 19 heavy (non-hydrogen) atoms. The summed E-state index contributed by atoms with van der Waals surface area (Å²) in [4.78, 5) is 8.69. The van der Waals surface area contributed by atoms with Gasteiger partial charge >= 0.3 is 0 Å². The van der Waals surface area contributed by atoms with Crippen molar-refractivity contribution in [2.75, 3.05) is 11.9 Å². The fraction of sp³-hybridized carbons (Fsp3) is 0.200. The molecule has 2 aromatic heterocycles. The van der Waals surface area contributed by atoms with Crippen molar-refractivity contribution >= 4 is 26.7 Å². The van der Waals surface area contributed by atoms with E-state index in [1.807, 2.05) is 12.3 Å². The van der Waals surface area contributed by atoms with Gasteiger partial charge in [-0.3, -0.25) is 4.98 Å².